The molecule has 0 unspecified atom stereocenters. The Hall–Kier alpha value is -1.66. The van der Waals surface area contributed by atoms with Gasteiger partial charge in [0.05, 0.1) is 19.2 Å². The van der Waals surface area contributed by atoms with E-state index in [0.717, 1.165) is 17.1 Å². The Kier molecular flexibility index (Phi) is 5.08. The molecule has 0 radical (unpaired) electrons. The van der Waals surface area contributed by atoms with E-state index < -0.39 is 33.7 Å². The van der Waals surface area contributed by atoms with E-state index in [4.69, 9.17) is 5.11 Å². The van der Waals surface area contributed by atoms with Crippen LogP contribution in [0.3, 0.4) is 0 Å². The maximum Gasteiger partial charge on any atom is 0.413 e. The van der Waals surface area contributed by atoms with Gasteiger partial charge in [-0.2, -0.15) is 18.3 Å². The average molecular weight is 317 g/mol. The number of nitrogens with zero attached hydrogens (tertiary/aromatic N) is 2. The van der Waals surface area contributed by atoms with E-state index in [0.29, 0.717) is 0 Å². The molecule has 0 bridgehead atoms. The Morgan fingerprint density at radius 3 is 2.70 bits per heavy atom. The first-order chi connectivity index (χ1) is 9.10. The Balaban J connectivity index is 2.61. The topological polar surface area (TPSA) is 111 Å². The number of aliphatic carboxylic acids is 1. The number of carboxylic acids is 1. The Morgan fingerprint density at radius 1 is 1.50 bits per heavy atom. The van der Waals surface area contributed by atoms with Gasteiger partial charge in [0.2, 0.25) is 0 Å². The molecule has 1 rings (SSSR count). The summed E-state index contributed by atoms with van der Waals surface area (Å²) < 4.78 is 59.4. The van der Waals surface area contributed by atoms with Crippen molar-refractivity contribution in [2.45, 2.75) is 24.0 Å². The molecule has 8 nitrogen and oxygen atoms in total. The predicted octanol–water partition coefficient (Wildman–Crippen LogP) is 0.130. The zero-order valence-electron chi connectivity index (χ0n) is 9.79. The third-order valence-electron chi connectivity index (χ3n) is 1.88. The molecule has 0 saturated carbocycles. The molecule has 0 aliphatic carbocycles. The third-order valence-corrected chi connectivity index (χ3v) is 3.05. The van der Waals surface area contributed by atoms with Crippen molar-refractivity contribution in [1.29, 1.82) is 0 Å². The quantitative estimate of drug-likeness (QED) is 0.692. The molecular weight excluding hydrogens is 307 g/mol. The van der Waals surface area contributed by atoms with Gasteiger partial charge in [0.25, 0.3) is 10.0 Å². The van der Waals surface area contributed by atoms with Gasteiger partial charge in [-0.1, -0.05) is 4.89 Å². The van der Waals surface area contributed by atoms with E-state index in [1.54, 1.807) is 0 Å². The fourth-order valence-corrected chi connectivity index (χ4v) is 1.81. The van der Waals surface area contributed by atoms with Crippen LogP contribution < -0.4 is 4.89 Å². The summed E-state index contributed by atoms with van der Waals surface area (Å²) in [5, 5.41) is 12.0. The summed E-state index contributed by atoms with van der Waals surface area (Å²) in [6, 6.07) is 0. The molecule has 0 amide bonds. The molecular formula is C8H10F3N3O5S. The maximum absolute atomic E-state index is 11.8. The summed E-state index contributed by atoms with van der Waals surface area (Å²) in [7, 11) is -4.30. The van der Waals surface area contributed by atoms with Gasteiger partial charge in [0.1, 0.15) is 4.90 Å². The minimum atomic E-state index is -4.67. The van der Waals surface area contributed by atoms with E-state index in [1.807, 2.05) is 0 Å². The molecule has 0 aliphatic rings. The van der Waals surface area contributed by atoms with Crippen molar-refractivity contribution in [3.63, 3.8) is 0 Å². The smallest absolute Gasteiger partial charge is 0.413 e. The third kappa shape index (κ3) is 5.54. The van der Waals surface area contributed by atoms with Crippen LogP contribution in [0, 0.1) is 0 Å². The van der Waals surface area contributed by atoms with Crippen LogP contribution >= 0.6 is 0 Å². The second kappa shape index (κ2) is 6.19. The second-order valence-electron chi connectivity index (χ2n) is 3.57. The van der Waals surface area contributed by atoms with Gasteiger partial charge in [-0.25, -0.2) is 8.42 Å². The van der Waals surface area contributed by atoms with E-state index in [-0.39, 0.29) is 13.0 Å². The molecule has 1 heterocycles. The van der Waals surface area contributed by atoms with Crippen LogP contribution in [0.4, 0.5) is 13.2 Å². The van der Waals surface area contributed by atoms with Gasteiger partial charge in [0.15, 0.2) is 6.61 Å². The summed E-state index contributed by atoms with van der Waals surface area (Å²) in [5.41, 5.74) is 0. The van der Waals surface area contributed by atoms with Crippen molar-refractivity contribution < 1.29 is 36.3 Å². The zero-order chi connectivity index (χ0) is 15.4. The number of sulfonamides is 1. The first-order valence-electron chi connectivity index (χ1n) is 5.05. The predicted molar refractivity (Wildman–Crippen MR) is 56.8 cm³/mol. The van der Waals surface area contributed by atoms with Crippen molar-refractivity contribution in [1.82, 2.24) is 14.7 Å². The number of carboxylic acid groups (broad SMARTS) is 1. The Morgan fingerprint density at radius 2 is 2.15 bits per heavy atom. The highest BCUT2D eigenvalue weighted by Gasteiger charge is 2.29. The van der Waals surface area contributed by atoms with E-state index in [2.05, 4.69) is 9.94 Å². The first kappa shape index (κ1) is 16.4. The van der Waals surface area contributed by atoms with Gasteiger partial charge in [-0.05, 0) is 0 Å². The van der Waals surface area contributed by atoms with Gasteiger partial charge < -0.3 is 5.11 Å². The number of aryl methyl sites for hydroxylation is 1. The highest BCUT2D eigenvalue weighted by Crippen LogP contribution is 2.14. The summed E-state index contributed by atoms with van der Waals surface area (Å²) in [6.45, 7) is -1.85. The maximum atomic E-state index is 11.8. The van der Waals surface area contributed by atoms with Crippen molar-refractivity contribution in [2.75, 3.05) is 6.61 Å². The largest absolute Gasteiger partial charge is 0.481 e. The van der Waals surface area contributed by atoms with Crippen LogP contribution in [0.1, 0.15) is 6.42 Å². The van der Waals surface area contributed by atoms with Gasteiger partial charge in [-0.15, -0.1) is 0 Å². The van der Waals surface area contributed by atoms with E-state index >= 15 is 0 Å². The normalized spacial score (nSPS) is 12.6. The van der Waals surface area contributed by atoms with Crippen molar-refractivity contribution in [3.8, 4) is 0 Å². The molecule has 1 aromatic rings. The lowest BCUT2D eigenvalue weighted by Gasteiger charge is -2.07. The molecule has 114 valence electrons. The van der Waals surface area contributed by atoms with Crippen LogP contribution in [0.25, 0.3) is 0 Å². The van der Waals surface area contributed by atoms with Crippen molar-refractivity contribution in [3.05, 3.63) is 12.4 Å². The highest BCUT2D eigenvalue weighted by atomic mass is 32.2. The molecule has 0 aliphatic heterocycles. The molecule has 0 atom stereocenters. The second-order valence-corrected chi connectivity index (χ2v) is 5.22. The van der Waals surface area contributed by atoms with Crippen LogP contribution in [-0.4, -0.2) is 42.1 Å². The fourth-order valence-electron chi connectivity index (χ4n) is 1.05. The van der Waals surface area contributed by atoms with Crippen LogP contribution in [0.2, 0.25) is 0 Å². The molecule has 0 saturated heterocycles. The zero-order valence-corrected chi connectivity index (χ0v) is 10.6. The van der Waals surface area contributed by atoms with Crippen LogP contribution in [0.5, 0.6) is 0 Å². The molecule has 1 aromatic heterocycles. The molecule has 12 heteroatoms. The van der Waals surface area contributed by atoms with Crippen molar-refractivity contribution in [2.24, 2.45) is 0 Å². The summed E-state index contributed by atoms with van der Waals surface area (Å²) in [4.78, 5) is 15.0. The summed E-state index contributed by atoms with van der Waals surface area (Å²) in [5.74, 6) is -1.10. The number of halogens is 3. The SMILES string of the molecule is O=C(O)CCn1cc(S(=O)(=O)NOCC(F)(F)F)cn1. The van der Waals surface area contributed by atoms with Gasteiger partial charge in [-0.3, -0.25) is 14.3 Å². The summed E-state index contributed by atoms with van der Waals surface area (Å²) >= 11 is 0. The average Bonchev–Trinajstić information content (AvgIpc) is 2.73. The number of aromatic nitrogens is 2. The van der Waals surface area contributed by atoms with E-state index in [9.17, 15) is 26.4 Å². The lowest BCUT2D eigenvalue weighted by Crippen LogP contribution is -2.29. The Bertz CT molecular complexity index is 568. The van der Waals surface area contributed by atoms with Crippen molar-refractivity contribution >= 4 is 16.0 Å². The highest BCUT2D eigenvalue weighted by molar-refractivity contribution is 7.89. The lowest BCUT2D eigenvalue weighted by atomic mass is 10.4. The van der Waals surface area contributed by atoms with Gasteiger partial charge in [0, 0.05) is 6.20 Å². The Labute approximate surface area is 111 Å². The fraction of sp³-hybridized carbons (Fsp3) is 0.500. The minimum Gasteiger partial charge on any atom is -0.481 e. The number of nitrogens with one attached hydrogen (secondary N) is 1. The lowest BCUT2D eigenvalue weighted by molar-refractivity contribution is -0.181. The number of hydrogen-bond acceptors (Lipinski definition) is 5. The number of alkyl halides is 3. The molecule has 0 spiro atoms. The summed E-state index contributed by atoms with van der Waals surface area (Å²) in [6.07, 6.45) is -3.11. The van der Waals surface area contributed by atoms with E-state index in [1.165, 1.54) is 4.89 Å². The minimum absolute atomic E-state index is 0.0751. The number of hydrogen-bond donors (Lipinski definition) is 2. The molecule has 20 heavy (non-hydrogen) atoms. The first-order valence-corrected chi connectivity index (χ1v) is 6.53. The molecule has 0 fully saturated rings. The molecule has 2 N–H and O–H groups in total. The van der Waals surface area contributed by atoms with Crippen LogP contribution in [-0.2, 0) is 26.2 Å². The van der Waals surface area contributed by atoms with Gasteiger partial charge >= 0.3 is 12.1 Å². The number of carbonyl (C=O) groups is 1. The van der Waals surface area contributed by atoms with Crippen LogP contribution in [0.15, 0.2) is 17.3 Å². The monoisotopic (exact) mass is 317 g/mol. The standard InChI is InChI=1S/C8H10F3N3O5S/c9-8(10,11)5-19-13-20(17,18)6-3-12-14(4-6)2-1-7(15)16/h3-4,13H,1-2,5H2,(H,15,16). The number of rotatable bonds is 7. The molecule has 0 aromatic carbocycles.